The monoisotopic (exact) mass is 308 g/mol. The molecule has 0 saturated heterocycles. The van der Waals surface area contributed by atoms with Crippen LogP contribution in [0.1, 0.15) is 49.7 Å². The summed E-state index contributed by atoms with van der Waals surface area (Å²) >= 11 is 1.70. The van der Waals surface area contributed by atoms with Crippen LogP contribution in [0.25, 0.3) is 0 Å². The van der Waals surface area contributed by atoms with E-state index in [1.165, 1.54) is 32.1 Å². The zero-order valence-corrected chi connectivity index (χ0v) is 14.6. The van der Waals surface area contributed by atoms with Crippen LogP contribution in [0.4, 0.5) is 0 Å². The Hall–Kier alpha value is -1.10. The van der Waals surface area contributed by atoms with Crippen LogP contribution < -0.4 is 5.32 Å². The molecule has 1 aliphatic rings. The van der Waals surface area contributed by atoms with Crippen LogP contribution in [-0.4, -0.2) is 36.5 Å². The van der Waals surface area contributed by atoms with Crippen molar-refractivity contribution >= 4 is 17.3 Å². The number of hydrogen-bond donors (Lipinski definition) is 1. The standard InChI is InChI=1S/C16H28N4S/c1-5-16(8-6-7-9-16)12-18-15(17-3)20(4)10-14-11-21-13(2)19-14/h11H,5-10,12H2,1-4H3,(H,17,18). The van der Waals surface area contributed by atoms with Gasteiger partial charge in [-0.05, 0) is 31.6 Å². The van der Waals surface area contributed by atoms with E-state index < -0.39 is 0 Å². The first-order chi connectivity index (χ1) is 10.1. The maximum Gasteiger partial charge on any atom is 0.193 e. The molecule has 2 rings (SSSR count). The summed E-state index contributed by atoms with van der Waals surface area (Å²) in [5, 5.41) is 6.83. The average molecular weight is 308 g/mol. The number of aryl methyl sites for hydroxylation is 1. The Morgan fingerprint density at radius 1 is 1.48 bits per heavy atom. The van der Waals surface area contributed by atoms with Crippen molar-refractivity contribution in [2.75, 3.05) is 20.6 Å². The second-order valence-corrected chi connectivity index (χ2v) is 7.24. The molecule has 1 saturated carbocycles. The third-order valence-electron chi connectivity index (χ3n) is 4.67. The minimum absolute atomic E-state index is 0.480. The summed E-state index contributed by atoms with van der Waals surface area (Å²) in [4.78, 5) is 11.1. The van der Waals surface area contributed by atoms with E-state index in [4.69, 9.17) is 0 Å². The molecule has 21 heavy (non-hydrogen) atoms. The Balaban J connectivity index is 1.90. The van der Waals surface area contributed by atoms with E-state index in [9.17, 15) is 0 Å². The lowest BCUT2D eigenvalue weighted by Crippen LogP contribution is -2.43. The van der Waals surface area contributed by atoms with Gasteiger partial charge in [-0.2, -0.15) is 0 Å². The second kappa shape index (κ2) is 7.25. The summed E-state index contributed by atoms with van der Waals surface area (Å²) in [6.07, 6.45) is 6.71. The third kappa shape index (κ3) is 4.19. The lowest BCUT2D eigenvalue weighted by molar-refractivity contribution is 0.279. The van der Waals surface area contributed by atoms with Gasteiger partial charge in [-0.1, -0.05) is 19.8 Å². The predicted octanol–water partition coefficient (Wildman–Crippen LogP) is 3.43. The first-order valence-electron chi connectivity index (χ1n) is 7.91. The van der Waals surface area contributed by atoms with Gasteiger partial charge in [0.2, 0.25) is 0 Å². The van der Waals surface area contributed by atoms with E-state index in [-0.39, 0.29) is 0 Å². The van der Waals surface area contributed by atoms with Gasteiger partial charge in [-0.25, -0.2) is 4.98 Å². The molecule has 1 N–H and O–H groups in total. The fourth-order valence-corrected chi connectivity index (χ4v) is 3.83. The fourth-order valence-electron chi connectivity index (χ4n) is 3.23. The largest absolute Gasteiger partial charge is 0.356 e. The summed E-state index contributed by atoms with van der Waals surface area (Å²) in [6, 6.07) is 0. The summed E-state index contributed by atoms with van der Waals surface area (Å²) in [5.74, 6) is 0.973. The zero-order chi connectivity index (χ0) is 15.3. The van der Waals surface area contributed by atoms with Gasteiger partial charge in [0.05, 0.1) is 17.2 Å². The van der Waals surface area contributed by atoms with E-state index in [0.717, 1.165) is 29.8 Å². The molecule has 0 amide bonds. The topological polar surface area (TPSA) is 40.5 Å². The van der Waals surface area contributed by atoms with E-state index in [1.807, 2.05) is 14.0 Å². The molecule has 5 heteroatoms. The van der Waals surface area contributed by atoms with Gasteiger partial charge in [0, 0.05) is 26.0 Å². The molecular formula is C16H28N4S. The van der Waals surface area contributed by atoms with Crippen molar-refractivity contribution in [2.45, 2.75) is 52.5 Å². The maximum absolute atomic E-state index is 4.53. The third-order valence-corrected chi connectivity index (χ3v) is 5.50. The Labute approximate surface area is 132 Å². The van der Waals surface area contributed by atoms with Crippen molar-refractivity contribution < 1.29 is 0 Å². The molecule has 0 radical (unpaired) electrons. The Morgan fingerprint density at radius 3 is 2.71 bits per heavy atom. The predicted molar refractivity (Wildman–Crippen MR) is 90.9 cm³/mol. The highest BCUT2D eigenvalue weighted by Gasteiger charge is 2.32. The first kappa shape index (κ1) is 16.3. The van der Waals surface area contributed by atoms with Crippen LogP contribution >= 0.6 is 11.3 Å². The molecule has 1 aliphatic carbocycles. The average Bonchev–Trinajstić information content (AvgIpc) is 3.09. The summed E-state index contributed by atoms with van der Waals surface area (Å²) in [5.41, 5.74) is 1.60. The number of thiazole rings is 1. The van der Waals surface area contributed by atoms with Gasteiger partial charge in [-0.3, -0.25) is 4.99 Å². The zero-order valence-electron chi connectivity index (χ0n) is 13.8. The Morgan fingerprint density at radius 2 is 2.19 bits per heavy atom. The molecule has 0 aromatic carbocycles. The highest BCUT2D eigenvalue weighted by molar-refractivity contribution is 7.09. The molecule has 0 aliphatic heterocycles. The number of aliphatic imine (C=N–C) groups is 1. The first-order valence-corrected chi connectivity index (χ1v) is 8.79. The summed E-state index contributed by atoms with van der Waals surface area (Å²) in [6.45, 7) is 6.21. The van der Waals surface area contributed by atoms with Crippen LogP contribution in [0, 0.1) is 12.3 Å². The number of rotatable bonds is 5. The van der Waals surface area contributed by atoms with Crippen molar-refractivity contribution in [3.05, 3.63) is 16.1 Å². The van der Waals surface area contributed by atoms with Gasteiger partial charge in [0.25, 0.3) is 0 Å². The molecule has 1 heterocycles. The second-order valence-electron chi connectivity index (χ2n) is 6.18. The van der Waals surface area contributed by atoms with Gasteiger partial charge in [-0.15, -0.1) is 11.3 Å². The maximum atomic E-state index is 4.53. The van der Waals surface area contributed by atoms with Crippen LogP contribution in [0.15, 0.2) is 10.4 Å². The molecule has 118 valence electrons. The normalized spacial score (nSPS) is 18.0. The molecule has 1 aromatic rings. The Bertz CT molecular complexity index is 474. The summed E-state index contributed by atoms with van der Waals surface area (Å²) in [7, 11) is 3.94. The minimum atomic E-state index is 0.480. The quantitative estimate of drug-likeness (QED) is 0.669. The molecule has 0 unspecified atom stereocenters. The molecule has 0 spiro atoms. The lowest BCUT2D eigenvalue weighted by atomic mass is 9.83. The van der Waals surface area contributed by atoms with E-state index in [1.54, 1.807) is 11.3 Å². The van der Waals surface area contributed by atoms with Crippen LogP contribution in [0.5, 0.6) is 0 Å². The van der Waals surface area contributed by atoms with Crippen molar-refractivity contribution in [1.29, 1.82) is 0 Å². The van der Waals surface area contributed by atoms with Gasteiger partial charge < -0.3 is 10.2 Å². The van der Waals surface area contributed by atoms with Gasteiger partial charge in [0.1, 0.15) is 0 Å². The molecule has 0 atom stereocenters. The highest BCUT2D eigenvalue weighted by atomic mass is 32.1. The molecule has 1 fully saturated rings. The molecular weight excluding hydrogens is 280 g/mol. The van der Waals surface area contributed by atoms with Crippen LogP contribution in [-0.2, 0) is 6.54 Å². The number of nitrogens with zero attached hydrogens (tertiary/aromatic N) is 3. The molecule has 0 bridgehead atoms. The molecule has 1 aromatic heterocycles. The Kier molecular flexibility index (Phi) is 5.62. The van der Waals surface area contributed by atoms with E-state index in [2.05, 4.69) is 39.5 Å². The van der Waals surface area contributed by atoms with E-state index in [0.29, 0.717) is 5.41 Å². The van der Waals surface area contributed by atoms with Gasteiger partial charge in [0.15, 0.2) is 5.96 Å². The van der Waals surface area contributed by atoms with Crippen molar-refractivity contribution in [1.82, 2.24) is 15.2 Å². The van der Waals surface area contributed by atoms with Crippen LogP contribution in [0.3, 0.4) is 0 Å². The van der Waals surface area contributed by atoms with Gasteiger partial charge >= 0.3 is 0 Å². The van der Waals surface area contributed by atoms with E-state index >= 15 is 0 Å². The number of aromatic nitrogens is 1. The highest BCUT2D eigenvalue weighted by Crippen LogP contribution is 2.40. The number of hydrogen-bond acceptors (Lipinski definition) is 3. The van der Waals surface area contributed by atoms with Crippen LogP contribution in [0.2, 0.25) is 0 Å². The summed E-state index contributed by atoms with van der Waals surface area (Å²) < 4.78 is 0. The molecule has 4 nitrogen and oxygen atoms in total. The SMILES string of the molecule is CCC1(CNC(=NC)N(C)Cc2csc(C)n2)CCCC1. The number of guanidine groups is 1. The smallest absolute Gasteiger partial charge is 0.193 e. The fraction of sp³-hybridized carbons (Fsp3) is 0.750. The van der Waals surface area contributed by atoms with Crippen molar-refractivity contribution in [3.8, 4) is 0 Å². The number of nitrogens with one attached hydrogen (secondary N) is 1. The van der Waals surface area contributed by atoms with Crippen molar-refractivity contribution in [2.24, 2.45) is 10.4 Å². The lowest BCUT2D eigenvalue weighted by Gasteiger charge is -2.30. The van der Waals surface area contributed by atoms with Crippen molar-refractivity contribution in [3.63, 3.8) is 0 Å². The minimum Gasteiger partial charge on any atom is -0.356 e.